The molecule has 134 valence electrons. The lowest BCUT2D eigenvalue weighted by atomic mass is 9.86. The second-order valence-corrected chi connectivity index (χ2v) is 8.07. The summed E-state index contributed by atoms with van der Waals surface area (Å²) in [4.78, 5) is 12.7. The normalized spacial score (nSPS) is 23.8. The zero-order valence-corrected chi connectivity index (χ0v) is 15.6. The number of carbonyl (C=O) groups is 1. The molecule has 0 unspecified atom stereocenters. The van der Waals surface area contributed by atoms with Gasteiger partial charge in [0.1, 0.15) is 16.7 Å². The molecule has 0 radical (unpaired) electrons. The molecule has 26 heavy (non-hydrogen) atoms. The molecule has 1 aromatic carbocycles. The first-order valence-corrected chi connectivity index (χ1v) is 10.3. The van der Waals surface area contributed by atoms with Crippen molar-refractivity contribution in [1.82, 2.24) is 9.78 Å². The third-order valence-corrected chi connectivity index (χ3v) is 6.42. The summed E-state index contributed by atoms with van der Waals surface area (Å²) in [5.41, 5.74) is 1.27. The minimum absolute atomic E-state index is 0.0104. The monoisotopic (exact) mass is 366 g/mol. The van der Waals surface area contributed by atoms with E-state index in [1.807, 2.05) is 36.6 Å². The first-order valence-electron chi connectivity index (χ1n) is 9.12. The minimum Gasteiger partial charge on any atom is -0.309 e. The molecule has 2 aromatic rings. The SMILES string of the molecule is CSc1nn(-c2ccccc2)c(NC(=O)C[C@H]2C[C@H]3CC[C@H]2C3)c1C#N. The van der Waals surface area contributed by atoms with Crippen molar-refractivity contribution in [3.05, 3.63) is 35.9 Å². The molecule has 1 heterocycles. The number of aromatic nitrogens is 2. The van der Waals surface area contributed by atoms with Gasteiger partial charge < -0.3 is 5.32 Å². The molecular formula is C20H22N4OS. The average Bonchev–Trinajstić information content (AvgIpc) is 3.36. The molecule has 3 atom stereocenters. The summed E-state index contributed by atoms with van der Waals surface area (Å²) in [6.07, 6.45) is 7.50. The highest BCUT2D eigenvalue weighted by Gasteiger charge is 2.40. The molecule has 0 saturated heterocycles. The molecule has 2 aliphatic carbocycles. The van der Waals surface area contributed by atoms with Gasteiger partial charge in [-0.05, 0) is 55.4 Å². The predicted molar refractivity (Wildman–Crippen MR) is 102 cm³/mol. The Hall–Kier alpha value is -2.26. The van der Waals surface area contributed by atoms with E-state index in [4.69, 9.17) is 0 Å². The highest BCUT2D eigenvalue weighted by atomic mass is 32.2. The van der Waals surface area contributed by atoms with E-state index in [1.54, 1.807) is 4.68 Å². The Morgan fingerprint density at radius 2 is 2.15 bits per heavy atom. The fourth-order valence-electron chi connectivity index (χ4n) is 4.56. The summed E-state index contributed by atoms with van der Waals surface area (Å²) < 4.78 is 1.67. The molecule has 0 aliphatic heterocycles. The molecule has 1 aromatic heterocycles. The van der Waals surface area contributed by atoms with E-state index < -0.39 is 0 Å². The van der Waals surface area contributed by atoms with Crippen molar-refractivity contribution in [1.29, 1.82) is 5.26 Å². The highest BCUT2D eigenvalue weighted by molar-refractivity contribution is 7.98. The Labute approximate surface area is 157 Å². The first kappa shape index (κ1) is 17.2. The number of benzene rings is 1. The standard InChI is InChI=1S/C20H22N4OS/c1-26-20-17(12-21)19(24(23-20)16-5-3-2-4-6-16)22-18(25)11-15-10-13-7-8-14(15)9-13/h2-6,13-15H,7-11H2,1H3,(H,22,25)/t13-,14-,15+/m0/s1. The second-order valence-electron chi connectivity index (χ2n) is 7.28. The Morgan fingerprint density at radius 3 is 2.77 bits per heavy atom. The van der Waals surface area contributed by atoms with E-state index in [9.17, 15) is 10.1 Å². The van der Waals surface area contributed by atoms with E-state index in [-0.39, 0.29) is 5.91 Å². The Balaban J connectivity index is 1.59. The maximum atomic E-state index is 12.7. The van der Waals surface area contributed by atoms with Crippen LogP contribution in [0, 0.1) is 29.1 Å². The van der Waals surface area contributed by atoms with Crippen LogP contribution in [0.1, 0.15) is 37.7 Å². The highest BCUT2D eigenvalue weighted by Crippen LogP contribution is 2.49. The molecule has 1 N–H and O–H groups in total. The Bertz CT molecular complexity index is 855. The number of nitrogens with one attached hydrogen (secondary N) is 1. The number of anilines is 1. The fraction of sp³-hybridized carbons (Fsp3) is 0.450. The van der Waals surface area contributed by atoms with Crippen molar-refractivity contribution in [2.45, 2.75) is 37.1 Å². The maximum absolute atomic E-state index is 12.7. The second kappa shape index (κ2) is 7.16. The molecular weight excluding hydrogens is 344 g/mol. The fourth-order valence-corrected chi connectivity index (χ4v) is 5.07. The largest absolute Gasteiger partial charge is 0.309 e. The smallest absolute Gasteiger partial charge is 0.225 e. The lowest BCUT2D eigenvalue weighted by molar-refractivity contribution is -0.117. The molecule has 5 nitrogen and oxygen atoms in total. The number of carbonyl (C=O) groups excluding carboxylic acids is 1. The van der Waals surface area contributed by atoms with Gasteiger partial charge in [-0.1, -0.05) is 24.6 Å². The van der Waals surface area contributed by atoms with Crippen molar-refractivity contribution >= 4 is 23.5 Å². The van der Waals surface area contributed by atoms with E-state index >= 15 is 0 Å². The van der Waals surface area contributed by atoms with Crippen LogP contribution in [0.4, 0.5) is 5.82 Å². The number of nitriles is 1. The van der Waals surface area contributed by atoms with E-state index in [0.717, 1.165) is 11.6 Å². The van der Waals surface area contributed by atoms with Crippen LogP contribution in [0.5, 0.6) is 0 Å². The molecule has 2 aliphatic rings. The Morgan fingerprint density at radius 1 is 1.35 bits per heavy atom. The van der Waals surface area contributed by atoms with Crippen molar-refractivity contribution in [3.63, 3.8) is 0 Å². The summed E-state index contributed by atoms with van der Waals surface area (Å²) in [5, 5.41) is 17.8. The van der Waals surface area contributed by atoms with E-state index in [2.05, 4.69) is 16.5 Å². The van der Waals surface area contributed by atoms with Crippen LogP contribution >= 0.6 is 11.8 Å². The summed E-state index contributed by atoms with van der Waals surface area (Å²) in [7, 11) is 0. The quantitative estimate of drug-likeness (QED) is 0.804. The van der Waals surface area contributed by atoms with Gasteiger partial charge in [-0.2, -0.15) is 10.4 Å². The van der Waals surface area contributed by atoms with Crippen LogP contribution in [-0.2, 0) is 4.79 Å². The zero-order chi connectivity index (χ0) is 18.1. The molecule has 0 spiro atoms. The zero-order valence-electron chi connectivity index (χ0n) is 14.8. The molecule has 6 heteroatoms. The number of nitrogens with zero attached hydrogens (tertiary/aromatic N) is 3. The van der Waals surface area contributed by atoms with Crippen LogP contribution in [0.3, 0.4) is 0 Å². The molecule has 2 saturated carbocycles. The third kappa shape index (κ3) is 3.12. The molecule has 1 amide bonds. The van der Waals surface area contributed by atoms with Crippen molar-refractivity contribution in [2.75, 3.05) is 11.6 Å². The topological polar surface area (TPSA) is 70.7 Å². The number of hydrogen-bond acceptors (Lipinski definition) is 4. The van der Waals surface area contributed by atoms with Gasteiger partial charge in [0.05, 0.1) is 5.69 Å². The maximum Gasteiger partial charge on any atom is 0.225 e. The predicted octanol–water partition coefficient (Wildman–Crippen LogP) is 4.23. The number of rotatable bonds is 5. The molecule has 2 bridgehead atoms. The molecule has 4 rings (SSSR count). The van der Waals surface area contributed by atoms with Crippen LogP contribution in [0.15, 0.2) is 35.4 Å². The third-order valence-electron chi connectivity index (χ3n) is 5.75. The van der Waals surface area contributed by atoms with Crippen LogP contribution in [-0.4, -0.2) is 21.9 Å². The van der Waals surface area contributed by atoms with Crippen molar-refractivity contribution in [3.8, 4) is 11.8 Å². The van der Waals surface area contributed by atoms with Crippen molar-refractivity contribution in [2.24, 2.45) is 17.8 Å². The van der Waals surface area contributed by atoms with Gasteiger partial charge in [-0.25, -0.2) is 4.68 Å². The van der Waals surface area contributed by atoms with E-state index in [1.165, 1.54) is 37.4 Å². The van der Waals surface area contributed by atoms with Gasteiger partial charge >= 0.3 is 0 Å². The van der Waals surface area contributed by atoms with E-state index in [0.29, 0.717) is 34.7 Å². The van der Waals surface area contributed by atoms with Gasteiger partial charge in [0, 0.05) is 6.42 Å². The van der Waals surface area contributed by atoms with Gasteiger partial charge in [0.2, 0.25) is 5.91 Å². The van der Waals surface area contributed by atoms with Gasteiger partial charge in [-0.3, -0.25) is 4.79 Å². The van der Waals surface area contributed by atoms with Gasteiger partial charge in [-0.15, -0.1) is 11.8 Å². The summed E-state index contributed by atoms with van der Waals surface area (Å²) in [5.74, 6) is 2.50. The summed E-state index contributed by atoms with van der Waals surface area (Å²) in [6.45, 7) is 0. The minimum atomic E-state index is -0.0104. The number of fused-ring (bicyclic) bond motifs is 2. The van der Waals surface area contributed by atoms with Gasteiger partial charge in [0.15, 0.2) is 5.82 Å². The first-order chi connectivity index (χ1) is 12.7. The summed E-state index contributed by atoms with van der Waals surface area (Å²) in [6, 6.07) is 11.8. The summed E-state index contributed by atoms with van der Waals surface area (Å²) >= 11 is 1.41. The lowest BCUT2D eigenvalue weighted by Gasteiger charge is -2.21. The number of amides is 1. The van der Waals surface area contributed by atoms with Gasteiger partial charge in [0.25, 0.3) is 0 Å². The average molecular weight is 366 g/mol. The number of para-hydroxylation sites is 1. The number of hydrogen-bond donors (Lipinski definition) is 1. The van der Waals surface area contributed by atoms with Crippen LogP contribution < -0.4 is 5.32 Å². The van der Waals surface area contributed by atoms with Crippen LogP contribution in [0.2, 0.25) is 0 Å². The Kier molecular flexibility index (Phi) is 4.73. The van der Waals surface area contributed by atoms with Crippen LogP contribution in [0.25, 0.3) is 5.69 Å². The number of thioether (sulfide) groups is 1. The molecule has 2 fully saturated rings. The lowest BCUT2D eigenvalue weighted by Crippen LogP contribution is -2.22. The van der Waals surface area contributed by atoms with Crippen molar-refractivity contribution < 1.29 is 4.79 Å².